The molecule has 0 amide bonds. The summed E-state index contributed by atoms with van der Waals surface area (Å²) in [6.45, 7) is -0.632. The molecule has 0 spiro atoms. The van der Waals surface area contributed by atoms with Gasteiger partial charge in [0.25, 0.3) is 6.43 Å². The SMILES string of the molecule is O=S(=O)(Cl)CCOCCOCC(F)F. The average Bonchev–Trinajstić information content (AvgIpc) is 2.00. The Morgan fingerprint density at radius 3 is 2.21 bits per heavy atom. The van der Waals surface area contributed by atoms with Gasteiger partial charge >= 0.3 is 0 Å². The number of alkyl halides is 2. The minimum atomic E-state index is -3.54. The number of ether oxygens (including phenoxy) is 2. The van der Waals surface area contributed by atoms with Gasteiger partial charge in [0.15, 0.2) is 0 Å². The Labute approximate surface area is 85.6 Å². The van der Waals surface area contributed by atoms with Gasteiger partial charge in [0.1, 0.15) is 6.61 Å². The fourth-order valence-electron chi connectivity index (χ4n) is 0.551. The van der Waals surface area contributed by atoms with Crippen LogP contribution in [0, 0.1) is 0 Å². The van der Waals surface area contributed by atoms with E-state index in [1.165, 1.54) is 0 Å². The molecule has 0 bridgehead atoms. The third kappa shape index (κ3) is 12.0. The van der Waals surface area contributed by atoms with Crippen LogP contribution in [0.3, 0.4) is 0 Å². The highest BCUT2D eigenvalue weighted by molar-refractivity contribution is 8.13. The van der Waals surface area contributed by atoms with E-state index in [0.717, 1.165) is 0 Å². The molecule has 4 nitrogen and oxygen atoms in total. The van der Waals surface area contributed by atoms with Crippen LogP contribution in [0.5, 0.6) is 0 Å². The fourth-order valence-corrected chi connectivity index (χ4v) is 1.06. The van der Waals surface area contributed by atoms with Gasteiger partial charge in [-0.05, 0) is 0 Å². The molecule has 0 saturated heterocycles. The van der Waals surface area contributed by atoms with Crippen molar-refractivity contribution in [1.29, 1.82) is 0 Å². The van der Waals surface area contributed by atoms with E-state index in [9.17, 15) is 17.2 Å². The zero-order chi connectivity index (χ0) is 11.0. The topological polar surface area (TPSA) is 52.6 Å². The maximum atomic E-state index is 11.5. The Kier molecular flexibility index (Phi) is 7.34. The van der Waals surface area contributed by atoms with Crippen molar-refractivity contribution in [2.75, 3.05) is 32.2 Å². The third-order valence-electron chi connectivity index (χ3n) is 1.09. The molecule has 14 heavy (non-hydrogen) atoms. The van der Waals surface area contributed by atoms with Crippen LogP contribution in [0.4, 0.5) is 8.78 Å². The Morgan fingerprint density at radius 1 is 1.14 bits per heavy atom. The van der Waals surface area contributed by atoms with Gasteiger partial charge in [-0.25, -0.2) is 17.2 Å². The summed E-state index contributed by atoms with van der Waals surface area (Å²) in [6.07, 6.45) is -2.50. The van der Waals surface area contributed by atoms with E-state index in [0.29, 0.717) is 0 Å². The summed E-state index contributed by atoms with van der Waals surface area (Å²) in [7, 11) is 1.33. The van der Waals surface area contributed by atoms with E-state index < -0.39 is 22.1 Å². The summed E-state index contributed by atoms with van der Waals surface area (Å²) < 4.78 is 53.0. The highest BCUT2D eigenvalue weighted by atomic mass is 35.7. The molecule has 0 unspecified atom stereocenters. The molecule has 0 heterocycles. The van der Waals surface area contributed by atoms with Gasteiger partial charge in [0.05, 0.1) is 25.6 Å². The number of halogens is 3. The van der Waals surface area contributed by atoms with Gasteiger partial charge in [-0.2, -0.15) is 0 Å². The van der Waals surface area contributed by atoms with Crippen LogP contribution in [0.25, 0.3) is 0 Å². The first-order valence-corrected chi connectivity index (χ1v) is 6.25. The minimum absolute atomic E-state index is 0.00662. The molecular formula is C6H11ClF2O4S. The summed E-state index contributed by atoms with van der Waals surface area (Å²) in [5, 5.41) is 0. The lowest BCUT2D eigenvalue weighted by Crippen LogP contribution is -2.13. The molecule has 86 valence electrons. The minimum Gasteiger partial charge on any atom is -0.378 e. The summed E-state index contributed by atoms with van der Waals surface area (Å²) >= 11 is 0. The van der Waals surface area contributed by atoms with Crippen molar-refractivity contribution in [3.63, 3.8) is 0 Å². The van der Waals surface area contributed by atoms with Crippen molar-refractivity contribution in [2.24, 2.45) is 0 Å². The van der Waals surface area contributed by atoms with E-state index in [2.05, 4.69) is 4.74 Å². The molecule has 0 N–H and O–H groups in total. The van der Waals surface area contributed by atoms with Gasteiger partial charge in [0.2, 0.25) is 9.05 Å². The molecule has 0 radical (unpaired) electrons. The summed E-state index contributed by atoms with van der Waals surface area (Å²) in [5.41, 5.74) is 0. The van der Waals surface area contributed by atoms with Gasteiger partial charge in [-0.1, -0.05) is 0 Å². The summed E-state index contributed by atoms with van der Waals surface area (Å²) in [6, 6.07) is 0. The van der Waals surface area contributed by atoms with Crippen molar-refractivity contribution in [3.8, 4) is 0 Å². The monoisotopic (exact) mass is 252 g/mol. The highest BCUT2D eigenvalue weighted by Crippen LogP contribution is 1.96. The molecule has 0 aliphatic rings. The quantitative estimate of drug-likeness (QED) is 0.475. The van der Waals surface area contributed by atoms with Crippen molar-refractivity contribution in [2.45, 2.75) is 6.43 Å². The zero-order valence-corrected chi connectivity index (χ0v) is 8.86. The Morgan fingerprint density at radius 2 is 1.71 bits per heavy atom. The van der Waals surface area contributed by atoms with Crippen molar-refractivity contribution in [1.82, 2.24) is 0 Å². The van der Waals surface area contributed by atoms with Crippen LogP contribution in [0.15, 0.2) is 0 Å². The van der Waals surface area contributed by atoms with E-state index in [1.54, 1.807) is 0 Å². The van der Waals surface area contributed by atoms with E-state index in [4.69, 9.17) is 15.4 Å². The first-order valence-electron chi connectivity index (χ1n) is 3.78. The first-order chi connectivity index (χ1) is 6.42. The maximum Gasteiger partial charge on any atom is 0.261 e. The van der Waals surface area contributed by atoms with Gasteiger partial charge in [-0.15, -0.1) is 0 Å². The van der Waals surface area contributed by atoms with Crippen molar-refractivity contribution in [3.05, 3.63) is 0 Å². The molecule has 0 aromatic rings. The molecule has 0 atom stereocenters. The second-order valence-electron chi connectivity index (χ2n) is 2.32. The molecule has 0 aliphatic carbocycles. The molecule has 0 saturated carbocycles. The summed E-state index contributed by atoms with van der Waals surface area (Å²) in [5.74, 6) is -0.302. The smallest absolute Gasteiger partial charge is 0.261 e. The third-order valence-corrected chi connectivity index (χ3v) is 2.20. The van der Waals surface area contributed by atoms with Gasteiger partial charge in [0, 0.05) is 10.7 Å². The molecular weight excluding hydrogens is 242 g/mol. The normalized spacial score (nSPS) is 12.3. The fraction of sp³-hybridized carbons (Fsp3) is 1.00. The lowest BCUT2D eigenvalue weighted by atomic mass is 10.7. The largest absolute Gasteiger partial charge is 0.378 e. The molecule has 0 aliphatic heterocycles. The van der Waals surface area contributed by atoms with Crippen molar-refractivity contribution >= 4 is 19.7 Å². The van der Waals surface area contributed by atoms with Crippen LogP contribution < -0.4 is 0 Å². The Bertz CT molecular complexity index is 232. The second-order valence-corrected chi connectivity index (χ2v) is 5.22. The predicted molar refractivity (Wildman–Crippen MR) is 47.3 cm³/mol. The van der Waals surface area contributed by atoms with E-state index in [1.807, 2.05) is 0 Å². The van der Waals surface area contributed by atoms with Gasteiger partial charge < -0.3 is 9.47 Å². The van der Waals surface area contributed by atoms with Crippen LogP contribution in [0.1, 0.15) is 0 Å². The van der Waals surface area contributed by atoms with Crippen molar-refractivity contribution < 1.29 is 26.7 Å². The van der Waals surface area contributed by atoms with E-state index >= 15 is 0 Å². The Hall–Kier alpha value is 0.0200. The van der Waals surface area contributed by atoms with Crippen LogP contribution >= 0.6 is 10.7 Å². The standard InChI is InChI=1S/C6H11ClF2O4S/c7-14(10,11)4-3-12-1-2-13-5-6(8)9/h6H,1-5H2. The number of hydrogen-bond donors (Lipinski definition) is 0. The van der Waals surface area contributed by atoms with Crippen LogP contribution in [-0.4, -0.2) is 47.0 Å². The maximum absolute atomic E-state index is 11.5. The number of rotatable bonds is 8. The van der Waals surface area contributed by atoms with E-state index in [-0.39, 0.29) is 25.6 Å². The lowest BCUT2D eigenvalue weighted by Gasteiger charge is -2.03. The first kappa shape index (κ1) is 14.0. The summed E-state index contributed by atoms with van der Waals surface area (Å²) in [4.78, 5) is 0. The predicted octanol–water partition coefficient (Wildman–Crippen LogP) is 0.853. The average molecular weight is 253 g/mol. The lowest BCUT2D eigenvalue weighted by molar-refractivity contribution is -0.00707. The molecule has 8 heteroatoms. The van der Waals surface area contributed by atoms with Crippen LogP contribution in [0.2, 0.25) is 0 Å². The Balaban J connectivity index is 3.15. The highest BCUT2D eigenvalue weighted by Gasteiger charge is 2.04. The molecule has 0 fully saturated rings. The molecule has 0 aromatic heterocycles. The van der Waals surface area contributed by atoms with Crippen LogP contribution in [-0.2, 0) is 18.5 Å². The second kappa shape index (κ2) is 7.33. The number of hydrogen-bond acceptors (Lipinski definition) is 4. The zero-order valence-electron chi connectivity index (χ0n) is 7.29. The van der Waals surface area contributed by atoms with Gasteiger partial charge in [-0.3, -0.25) is 0 Å². The molecule has 0 rings (SSSR count). The molecule has 0 aromatic carbocycles.